The van der Waals surface area contributed by atoms with Gasteiger partial charge in [0.1, 0.15) is 6.10 Å². The highest BCUT2D eigenvalue weighted by atomic mass is 16.5. The molecule has 0 saturated heterocycles. The number of ether oxygens (including phenoxy) is 1. The second-order valence-electron chi connectivity index (χ2n) is 5.37. The van der Waals surface area contributed by atoms with Crippen LogP contribution in [0.1, 0.15) is 77.6 Å². The molecule has 1 aliphatic heterocycles. The molecule has 0 amide bonds. The summed E-state index contributed by atoms with van der Waals surface area (Å²) in [4.78, 5) is 11.5. The molecule has 0 fully saturated rings. The maximum Gasteiger partial charge on any atom is 0.306 e. The van der Waals surface area contributed by atoms with Crippen LogP contribution in [-0.2, 0) is 9.53 Å². The van der Waals surface area contributed by atoms with Crippen LogP contribution >= 0.6 is 0 Å². The summed E-state index contributed by atoms with van der Waals surface area (Å²) in [6.07, 6.45) is 17.1. The third kappa shape index (κ3) is 8.32. The molecule has 0 saturated carbocycles. The Kier molecular flexibility index (Phi) is 8.62. The van der Waals surface area contributed by atoms with Crippen molar-refractivity contribution in [3.05, 3.63) is 12.2 Å². The number of carbonyl (C=O) groups is 1. The highest BCUT2D eigenvalue weighted by Gasteiger charge is 2.07. The number of hydrogen-bond acceptors (Lipinski definition) is 2. The second kappa shape index (κ2) is 10.2. The van der Waals surface area contributed by atoms with Crippen LogP contribution < -0.4 is 0 Å². The van der Waals surface area contributed by atoms with Crippen LogP contribution in [0, 0.1) is 0 Å². The first kappa shape index (κ1) is 15.3. The Hall–Kier alpha value is -0.790. The normalized spacial score (nSPS) is 27.4. The van der Waals surface area contributed by atoms with Crippen LogP contribution in [0.2, 0.25) is 0 Å². The predicted molar refractivity (Wildman–Crippen MR) is 75.5 cm³/mol. The lowest BCUT2D eigenvalue weighted by atomic mass is 10.1. The van der Waals surface area contributed by atoms with E-state index in [4.69, 9.17) is 4.74 Å². The predicted octanol–water partition coefficient (Wildman–Crippen LogP) is 4.78. The molecule has 0 radical (unpaired) electrons. The Morgan fingerprint density at radius 3 is 2.28 bits per heavy atom. The first-order valence-electron chi connectivity index (χ1n) is 7.63. The van der Waals surface area contributed by atoms with Crippen LogP contribution in [0.15, 0.2) is 12.2 Å². The van der Waals surface area contributed by atoms with Crippen LogP contribution in [0.5, 0.6) is 0 Å². The minimum atomic E-state index is -0.0250. The van der Waals surface area contributed by atoms with Crippen molar-refractivity contribution >= 4 is 5.97 Å². The summed E-state index contributed by atoms with van der Waals surface area (Å²) in [5.41, 5.74) is 0. The summed E-state index contributed by atoms with van der Waals surface area (Å²) in [6.45, 7) is 1.98. The van der Waals surface area contributed by atoms with Crippen LogP contribution in [0.3, 0.4) is 0 Å². The minimum Gasteiger partial charge on any atom is -0.462 e. The zero-order valence-corrected chi connectivity index (χ0v) is 11.8. The van der Waals surface area contributed by atoms with E-state index < -0.39 is 0 Å². The first-order chi connectivity index (χ1) is 8.79. The van der Waals surface area contributed by atoms with Crippen molar-refractivity contribution in [1.82, 2.24) is 0 Å². The molecule has 0 N–H and O–H groups in total. The standard InChI is InChI=1S/C16H28O2/c1-15-13-11-9-7-5-3-2-4-6-8-10-12-14-16(17)18-15/h9,11,15H,2-8,10,12-14H2,1H3/b11-9-. The molecule has 0 aromatic rings. The van der Waals surface area contributed by atoms with E-state index in [1.807, 2.05) is 6.92 Å². The van der Waals surface area contributed by atoms with Crippen LogP contribution in [-0.4, -0.2) is 12.1 Å². The molecule has 18 heavy (non-hydrogen) atoms. The molecule has 0 spiro atoms. The van der Waals surface area contributed by atoms with E-state index in [1.165, 1.54) is 51.4 Å². The molecule has 1 atom stereocenters. The summed E-state index contributed by atoms with van der Waals surface area (Å²) in [7, 11) is 0. The van der Waals surface area contributed by atoms with Crippen LogP contribution in [0.4, 0.5) is 0 Å². The molecule has 104 valence electrons. The monoisotopic (exact) mass is 252 g/mol. The zero-order valence-electron chi connectivity index (χ0n) is 11.8. The van der Waals surface area contributed by atoms with Crippen molar-refractivity contribution in [1.29, 1.82) is 0 Å². The van der Waals surface area contributed by atoms with E-state index in [9.17, 15) is 4.79 Å². The molecule has 2 heteroatoms. The molecule has 0 aliphatic carbocycles. The van der Waals surface area contributed by atoms with Gasteiger partial charge in [-0.05, 0) is 26.2 Å². The van der Waals surface area contributed by atoms with Gasteiger partial charge >= 0.3 is 5.97 Å². The Labute approximate surface area is 112 Å². The third-order valence-electron chi connectivity index (χ3n) is 3.47. The van der Waals surface area contributed by atoms with Crippen molar-refractivity contribution < 1.29 is 9.53 Å². The van der Waals surface area contributed by atoms with Crippen molar-refractivity contribution in [3.8, 4) is 0 Å². The van der Waals surface area contributed by atoms with Gasteiger partial charge in [-0.25, -0.2) is 0 Å². The Morgan fingerprint density at radius 1 is 0.944 bits per heavy atom. The lowest BCUT2D eigenvalue weighted by molar-refractivity contribution is -0.148. The van der Waals surface area contributed by atoms with Gasteiger partial charge in [-0.15, -0.1) is 0 Å². The highest BCUT2D eigenvalue weighted by molar-refractivity contribution is 5.69. The van der Waals surface area contributed by atoms with Gasteiger partial charge in [0.25, 0.3) is 0 Å². The SMILES string of the molecule is CC1C/C=C\CCCCCCCCCCC(=O)O1. The van der Waals surface area contributed by atoms with Crippen LogP contribution in [0.25, 0.3) is 0 Å². The summed E-state index contributed by atoms with van der Waals surface area (Å²) in [6, 6.07) is 0. The lowest BCUT2D eigenvalue weighted by Crippen LogP contribution is -2.13. The van der Waals surface area contributed by atoms with Gasteiger partial charge in [0.2, 0.25) is 0 Å². The lowest BCUT2D eigenvalue weighted by Gasteiger charge is -2.11. The summed E-state index contributed by atoms with van der Waals surface area (Å²) < 4.78 is 5.36. The average Bonchev–Trinajstić information content (AvgIpc) is 2.33. The van der Waals surface area contributed by atoms with Crippen molar-refractivity contribution in [3.63, 3.8) is 0 Å². The molecule has 1 aliphatic rings. The van der Waals surface area contributed by atoms with Crippen molar-refractivity contribution in [2.24, 2.45) is 0 Å². The summed E-state index contributed by atoms with van der Waals surface area (Å²) in [5.74, 6) is -0.0250. The summed E-state index contributed by atoms with van der Waals surface area (Å²) >= 11 is 0. The van der Waals surface area contributed by atoms with Gasteiger partial charge in [0, 0.05) is 12.8 Å². The molecule has 2 nitrogen and oxygen atoms in total. The fourth-order valence-electron chi connectivity index (χ4n) is 2.33. The first-order valence-corrected chi connectivity index (χ1v) is 7.63. The van der Waals surface area contributed by atoms with Gasteiger partial charge in [-0.1, -0.05) is 50.7 Å². The third-order valence-corrected chi connectivity index (χ3v) is 3.47. The van der Waals surface area contributed by atoms with E-state index in [-0.39, 0.29) is 12.1 Å². The molecule has 1 rings (SSSR count). The number of carbonyl (C=O) groups excluding carboxylic acids is 1. The van der Waals surface area contributed by atoms with Gasteiger partial charge in [0.15, 0.2) is 0 Å². The Morgan fingerprint density at radius 2 is 1.56 bits per heavy atom. The van der Waals surface area contributed by atoms with Crippen molar-refractivity contribution in [2.75, 3.05) is 0 Å². The topological polar surface area (TPSA) is 26.3 Å². The number of esters is 1. The number of cyclic esters (lactones) is 1. The molecular weight excluding hydrogens is 224 g/mol. The Bertz CT molecular complexity index is 245. The van der Waals surface area contributed by atoms with Gasteiger partial charge < -0.3 is 4.74 Å². The van der Waals surface area contributed by atoms with E-state index in [1.54, 1.807) is 0 Å². The molecular formula is C16H28O2. The minimum absolute atomic E-state index is 0.0250. The summed E-state index contributed by atoms with van der Waals surface area (Å²) in [5, 5.41) is 0. The maximum atomic E-state index is 11.5. The highest BCUT2D eigenvalue weighted by Crippen LogP contribution is 2.12. The molecule has 0 aromatic heterocycles. The smallest absolute Gasteiger partial charge is 0.306 e. The molecule has 0 aromatic carbocycles. The largest absolute Gasteiger partial charge is 0.462 e. The molecule has 1 heterocycles. The van der Waals surface area contributed by atoms with E-state index in [0.29, 0.717) is 6.42 Å². The number of allylic oxidation sites excluding steroid dienone is 1. The van der Waals surface area contributed by atoms with E-state index >= 15 is 0 Å². The average molecular weight is 252 g/mol. The fourth-order valence-corrected chi connectivity index (χ4v) is 2.33. The molecule has 1 unspecified atom stereocenters. The van der Waals surface area contributed by atoms with Gasteiger partial charge in [-0.3, -0.25) is 4.79 Å². The number of hydrogen-bond donors (Lipinski definition) is 0. The Balaban J connectivity index is 2.29. The number of rotatable bonds is 0. The second-order valence-corrected chi connectivity index (χ2v) is 5.37. The van der Waals surface area contributed by atoms with Crippen molar-refractivity contribution in [2.45, 2.75) is 83.7 Å². The van der Waals surface area contributed by atoms with Gasteiger partial charge in [0.05, 0.1) is 0 Å². The quantitative estimate of drug-likeness (QED) is 0.458. The maximum absolute atomic E-state index is 11.5. The van der Waals surface area contributed by atoms with Gasteiger partial charge in [-0.2, -0.15) is 0 Å². The molecule has 0 bridgehead atoms. The fraction of sp³-hybridized carbons (Fsp3) is 0.812. The van der Waals surface area contributed by atoms with E-state index in [0.717, 1.165) is 12.8 Å². The van der Waals surface area contributed by atoms with E-state index in [2.05, 4.69) is 12.2 Å². The zero-order chi connectivity index (χ0) is 13.1.